The first-order chi connectivity index (χ1) is 8.65. The summed E-state index contributed by atoms with van der Waals surface area (Å²) in [5.74, 6) is -0.265. The number of carbonyl (C=O) groups excluding carboxylic acids is 1. The average molecular weight is 368 g/mol. The third-order valence-corrected chi connectivity index (χ3v) is 3.94. The molecule has 0 aromatic heterocycles. The Labute approximate surface area is 121 Å². The van der Waals surface area contributed by atoms with Crippen LogP contribution < -0.4 is 0 Å². The third-order valence-electron chi connectivity index (χ3n) is 2.92. The molecule has 0 saturated heterocycles. The molecule has 0 bridgehead atoms. The SMILES string of the molecule is O=C1O[C@H](c2ccc(Br)cc2)c2ccc(Br)cc21. The second kappa shape index (κ2) is 4.52. The average Bonchev–Trinajstić information content (AvgIpc) is 2.68. The first-order valence-corrected chi connectivity index (χ1v) is 6.99. The van der Waals surface area contributed by atoms with E-state index >= 15 is 0 Å². The number of ether oxygens (including phenoxy) is 1. The van der Waals surface area contributed by atoms with Gasteiger partial charge in [-0.05, 0) is 29.8 Å². The van der Waals surface area contributed by atoms with E-state index in [4.69, 9.17) is 4.74 Å². The van der Waals surface area contributed by atoms with Gasteiger partial charge in [-0.2, -0.15) is 0 Å². The molecular formula is C14H8Br2O2. The minimum atomic E-state index is -0.298. The number of benzene rings is 2. The van der Waals surface area contributed by atoms with Crippen LogP contribution in [0, 0.1) is 0 Å². The van der Waals surface area contributed by atoms with E-state index in [0.717, 1.165) is 20.1 Å². The second-order valence-corrected chi connectivity index (χ2v) is 5.90. The van der Waals surface area contributed by atoms with Crippen LogP contribution >= 0.6 is 31.9 Å². The molecule has 2 nitrogen and oxygen atoms in total. The smallest absolute Gasteiger partial charge is 0.339 e. The monoisotopic (exact) mass is 366 g/mol. The van der Waals surface area contributed by atoms with Crippen molar-refractivity contribution in [1.29, 1.82) is 0 Å². The van der Waals surface area contributed by atoms with Gasteiger partial charge in [-0.1, -0.05) is 50.1 Å². The number of hydrogen-bond acceptors (Lipinski definition) is 2. The van der Waals surface area contributed by atoms with E-state index in [1.54, 1.807) is 6.07 Å². The predicted octanol–water partition coefficient (Wildman–Crippen LogP) is 4.47. The Bertz CT molecular complexity index is 620. The first kappa shape index (κ1) is 11.9. The zero-order valence-electron chi connectivity index (χ0n) is 9.19. The van der Waals surface area contributed by atoms with Gasteiger partial charge in [-0.15, -0.1) is 0 Å². The summed E-state index contributed by atoms with van der Waals surface area (Å²) in [6.45, 7) is 0. The molecule has 0 saturated carbocycles. The minimum Gasteiger partial charge on any atom is -0.449 e. The highest BCUT2D eigenvalue weighted by atomic mass is 79.9. The molecule has 1 aliphatic rings. The van der Waals surface area contributed by atoms with Gasteiger partial charge in [0, 0.05) is 14.5 Å². The van der Waals surface area contributed by atoms with Gasteiger partial charge in [0.25, 0.3) is 0 Å². The quantitative estimate of drug-likeness (QED) is 0.695. The van der Waals surface area contributed by atoms with Crippen molar-refractivity contribution in [2.75, 3.05) is 0 Å². The van der Waals surface area contributed by atoms with E-state index in [1.807, 2.05) is 36.4 Å². The molecule has 1 heterocycles. The van der Waals surface area contributed by atoms with Crippen LogP contribution in [0.25, 0.3) is 0 Å². The van der Waals surface area contributed by atoms with Crippen LogP contribution in [-0.2, 0) is 4.74 Å². The van der Waals surface area contributed by atoms with E-state index < -0.39 is 0 Å². The number of esters is 1. The van der Waals surface area contributed by atoms with Gasteiger partial charge >= 0.3 is 5.97 Å². The molecule has 18 heavy (non-hydrogen) atoms. The van der Waals surface area contributed by atoms with E-state index in [1.165, 1.54) is 0 Å². The van der Waals surface area contributed by atoms with E-state index in [2.05, 4.69) is 31.9 Å². The maximum Gasteiger partial charge on any atom is 0.339 e. The number of carbonyl (C=O) groups is 1. The Morgan fingerprint density at radius 1 is 0.944 bits per heavy atom. The van der Waals surface area contributed by atoms with E-state index in [-0.39, 0.29) is 12.1 Å². The fourth-order valence-electron chi connectivity index (χ4n) is 2.05. The van der Waals surface area contributed by atoms with Gasteiger partial charge in [0.1, 0.15) is 0 Å². The molecule has 0 spiro atoms. The topological polar surface area (TPSA) is 26.3 Å². The van der Waals surface area contributed by atoms with Crippen LogP contribution in [0.4, 0.5) is 0 Å². The molecular weight excluding hydrogens is 360 g/mol. The zero-order chi connectivity index (χ0) is 12.7. The molecule has 0 unspecified atom stereocenters. The highest BCUT2D eigenvalue weighted by Gasteiger charge is 2.32. The molecule has 0 N–H and O–H groups in total. The molecule has 90 valence electrons. The van der Waals surface area contributed by atoms with Crippen molar-refractivity contribution in [1.82, 2.24) is 0 Å². The van der Waals surface area contributed by atoms with Gasteiger partial charge in [-0.3, -0.25) is 0 Å². The Morgan fingerprint density at radius 2 is 1.61 bits per heavy atom. The molecule has 1 atom stereocenters. The van der Waals surface area contributed by atoms with Crippen molar-refractivity contribution in [3.05, 3.63) is 68.1 Å². The summed E-state index contributed by atoms with van der Waals surface area (Å²) >= 11 is 6.76. The maximum absolute atomic E-state index is 11.8. The predicted molar refractivity (Wildman–Crippen MR) is 75.5 cm³/mol. The van der Waals surface area contributed by atoms with Crippen molar-refractivity contribution < 1.29 is 9.53 Å². The molecule has 0 radical (unpaired) electrons. The van der Waals surface area contributed by atoms with Crippen LogP contribution in [0.2, 0.25) is 0 Å². The van der Waals surface area contributed by atoms with Crippen molar-refractivity contribution >= 4 is 37.8 Å². The summed E-state index contributed by atoms with van der Waals surface area (Å²) in [6, 6.07) is 13.5. The lowest BCUT2D eigenvalue weighted by Gasteiger charge is -2.11. The number of fused-ring (bicyclic) bond motifs is 1. The summed E-state index contributed by atoms with van der Waals surface area (Å²) in [5.41, 5.74) is 2.54. The standard InChI is InChI=1S/C14H8Br2O2/c15-9-3-1-8(2-4-9)13-11-6-5-10(16)7-12(11)14(17)18-13/h1-7,13H/t13-/m1/s1. The molecule has 0 aliphatic carbocycles. The number of halogens is 2. The fraction of sp³-hybridized carbons (Fsp3) is 0.0714. The maximum atomic E-state index is 11.8. The minimum absolute atomic E-state index is 0.265. The normalized spacial score (nSPS) is 17.4. The lowest BCUT2D eigenvalue weighted by atomic mass is 9.99. The molecule has 2 aromatic rings. The fourth-order valence-corrected chi connectivity index (χ4v) is 2.68. The van der Waals surface area contributed by atoms with Crippen LogP contribution in [-0.4, -0.2) is 5.97 Å². The highest BCUT2D eigenvalue weighted by Crippen LogP contribution is 2.37. The highest BCUT2D eigenvalue weighted by molar-refractivity contribution is 9.10. The van der Waals surface area contributed by atoms with Crippen molar-refractivity contribution in [3.8, 4) is 0 Å². The van der Waals surface area contributed by atoms with E-state index in [9.17, 15) is 4.79 Å². The summed E-state index contributed by atoms with van der Waals surface area (Å²) < 4.78 is 7.33. The molecule has 3 rings (SSSR count). The van der Waals surface area contributed by atoms with E-state index in [0.29, 0.717) is 5.56 Å². The Hall–Kier alpha value is -1.13. The van der Waals surface area contributed by atoms with Gasteiger partial charge in [0.05, 0.1) is 5.56 Å². The Kier molecular flexibility index (Phi) is 2.99. The van der Waals surface area contributed by atoms with Crippen molar-refractivity contribution in [3.63, 3.8) is 0 Å². The first-order valence-electron chi connectivity index (χ1n) is 5.41. The lowest BCUT2D eigenvalue weighted by molar-refractivity contribution is 0.0456. The summed E-state index contributed by atoms with van der Waals surface area (Å²) in [4.78, 5) is 11.8. The van der Waals surface area contributed by atoms with Crippen molar-refractivity contribution in [2.45, 2.75) is 6.10 Å². The summed E-state index contributed by atoms with van der Waals surface area (Å²) in [7, 11) is 0. The molecule has 4 heteroatoms. The van der Waals surface area contributed by atoms with Gasteiger partial charge in [0.15, 0.2) is 6.10 Å². The van der Waals surface area contributed by atoms with Crippen LogP contribution in [0.5, 0.6) is 0 Å². The third kappa shape index (κ3) is 1.99. The number of hydrogen-bond donors (Lipinski definition) is 0. The summed E-state index contributed by atoms with van der Waals surface area (Å²) in [5, 5.41) is 0. The molecule has 2 aromatic carbocycles. The van der Waals surface area contributed by atoms with Crippen molar-refractivity contribution in [2.24, 2.45) is 0 Å². The van der Waals surface area contributed by atoms with Gasteiger partial charge < -0.3 is 4.74 Å². The van der Waals surface area contributed by atoms with Crippen LogP contribution in [0.3, 0.4) is 0 Å². The Balaban J connectivity index is 2.07. The Morgan fingerprint density at radius 3 is 2.33 bits per heavy atom. The second-order valence-electron chi connectivity index (χ2n) is 4.07. The lowest BCUT2D eigenvalue weighted by Crippen LogP contribution is -2.00. The molecule has 0 amide bonds. The van der Waals surface area contributed by atoms with Crippen LogP contribution in [0.1, 0.15) is 27.6 Å². The van der Waals surface area contributed by atoms with Gasteiger partial charge in [0.2, 0.25) is 0 Å². The molecule has 0 fully saturated rings. The number of cyclic esters (lactones) is 1. The van der Waals surface area contributed by atoms with Gasteiger partial charge in [-0.25, -0.2) is 4.79 Å². The summed E-state index contributed by atoms with van der Waals surface area (Å²) in [6.07, 6.45) is -0.298. The number of rotatable bonds is 1. The molecule has 1 aliphatic heterocycles. The van der Waals surface area contributed by atoms with Crippen LogP contribution in [0.15, 0.2) is 51.4 Å². The zero-order valence-corrected chi connectivity index (χ0v) is 12.4. The largest absolute Gasteiger partial charge is 0.449 e.